The Morgan fingerprint density at radius 2 is 1.52 bits per heavy atom. The first-order valence-electron chi connectivity index (χ1n) is 6.64. The molecule has 0 spiro atoms. The third-order valence-electron chi connectivity index (χ3n) is 3.23. The number of carbonyl (C=O) groups is 2. The van der Waals surface area contributed by atoms with E-state index in [-0.39, 0.29) is 16.5 Å². The van der Waals surface area contributed by atoms with Gasteiger partial charge in [0.25, 0.3) is 11.8 Å². The topological polar surface area (TPSA) is 40.6 Å². The van der Waals surface area contributed by atoms with Crippen LogP contribution >= 0.6 is 12.2 Å². The first-order valence-corrected chi connectivity index (χ1v) is 7.05. The molecule has 2 amide bonds. The Labute approximate surface area is 127 Å². The number of carbonyl (C=O) groups excluding carboxylic acids is 2. The van der Waals surface area contributed by atoms with Crippen LogP contribution in [0, 0.1) is 5.82 Å². The summed E-state index contributed by atoms with van der Waals surface area (Å²) in [5, 5.41) is 0.228. The summed E-state index contributed by atoms with van der Waals surface area (Å²) in [7, 11) is 0. The fourth-order valence-corrected chi connectivity index (χ4v) is 2.53. The van der Waals surface area contributed by atoms with E-state index in [9.17, 15) is 14.0 Å². The number of rotatable bonds is 3. The Balaban J connectivity index is 2.44. The second-order valence-electron chi connectivity index (χ2n) is 4.49. The smallest absolute Gasteiger partial charge is 0.265 e. The lowest BCUT2D eigenvalue weighted by Gasteiger charge is -2.35. The van der Waals surface area contributed by atoms with E-state index in [1.54, 1.807) is 13.8 Å². The average Bonchev–Trinajstić information content (AvgIpc) is 2.46. The van der Waals surface area contributed by atoms with Gasteiger partial charge >= 0.3 is 0 Å². The summed E-state index contributed by atoms with van der Waals surface area (Å²) in [4.78, 5) is 27.5. The Morgan fingerprint density at radius 1 is 1.05 bits per heavy atom. The van der Waals surface area contributed by atoms with Gasteiger partial charge in [-0.15, -0.1) is 0 Å². The van der Waals surface area contributed by atoms with Crippen molar-refractivity contribution >= 4 is 35.2 Å². The molecule has 0 aromatic heterocycles. The molecular weight excluding hydrogens is 291 g/mol. The van der Waals surface area contributed by atoms with Crippen molar-refractivity contribution in [3.05, 3.63) is 41.2 Å². The Morgan fingerprint density at radius 3 is 1.95 bits per heavy atom. The predicted octanol–water partition coefficient (Wildman–Crippen LogP) is 2.20. The van der Waals surface area contributed by atoms with Gasteiger partial charge in [0.05, 0.1) is 0 Å². The lowest BCUT2D eigenvalue weighted by molar-refractivity contribution is -0.133. The molecule has 2 rings (SSSR count). The summed E-state index contributed by atoms with van der Waals surface area (Å²) in [6.45, 7) is 4.37. The second-order valence-corrected chi connectivity index (χ2v) is 4.86. The lowest BCUT2D eigenvalue weighted by atomic mass is 10.1. The number of hydrogen-bond acceptors (Lipinski definition) is 3. The highest BCUT2D eigenvalue weighted by Crippen LogP contribution is 2.20. The third-order valence-corrected chi connectivity index (χ3v) is 3.67. The Hall–Kier alpha value is -2.08. The number of halogens is 1. The van der Waals surface area contributed by atoms with E-state index in [1.165, 1.54) is 40.1 Å². The molecule has 0 radical (unpaired) electrons. The highest BCUT2D eigenvalue weighted by molar-refractivity contribution is 7.80. The number of nitrogens with zero attached hydrogens (tertiary/aromatic N) is 2. The summed E-state index contributed by atoms with van der Waals surface area (Å²) in [5.41, 5.74) is 0.631. The van der Waals surface area contributed by atoms with Crippen LogP contribution in [0.25, 0.3) is 6.08 Å². The van der Waals surface area contributed by atoms with E-state index in [0.29, 0.717) is 18.7 Å². The van der Waals surface area contributed by atoms with Crippen molar-refractivity contribution in [3.8, 4) is 0 Å². The zero-order chi connectivity index (χ0) is 15.6. The number of thiocarbonyl (C=S) groups is 1. The van der Waals surface area contributed by atoms with Crippen LogP contribution in [-0.4, -0.2) is 39.8 Å². The molecule has 1 aliphatic rings. The lowest BCUT2D eigenvalue weighted by Crippen LogP contribution is -2.55. The molecule has 0 saturated carbocycles. The van der Waals surface area contributed by atoms with Crippen LogP contribution in [0.4, 0.5) is 4.39 Å². The first kappa shape index (κ1) is 15.3. The normalized spacial score (nSPS) is 15.8. The minimum absolute atomic E-state index is 0.0407. The van der Waals surface area contributed by atoms with E-state index in [2.05, 4.69) is 0 Å². The largest absolute Gasteiger partial charge is 0.285 e. The molecular formula is C15H15FN2O2S. The van der Waals surface area contributed by atoms with Gasteiger partial charge in [-0.1, -0.05) is 12.1 Å². The molecule has 6 heteroatoms. The summed E-state index contributed by atoms with van der Waals surface area (Å²) in [6, 6.07) is 5.60. The zero-order valence-corrected chi connectivity index (χ0v) is 12.6. The maximum Gasteiger partial charge on any atom is 0.265 e. The van der Waals surface area contributed by atoms with Gasteiger partial charge in [-0.3, -0.25) is 19.4 Å². The molecule has 1 aromatic rings. The van der Waals surface area contributed by atoms with Crippen molar-refractivity contribution in [3.63, 3.8) is 0 Å². The SMILES string of the molecule is CCN1C(=O)C(=Cc2ccc(F)cc2)C(=O)N(CC)C1=S. The molecule has 0 atom stereocenters. The molecule has 1 heterocycles. The number of benzene rings is 1. The van der Waals surface area contributed by atoms with Crippen LogP contribution in [0.15, 0.2) is 29.8 Å². The van der Waals surface area contributed by atoms with E-state index in [0.717, 1.165) is 0 Å². The number of amides is 2. The number of likely N-dealkylation sites (N-methyl/N-ethyl adjacent to an activating group) is 2. The first-order chi connectivity index (χ1) is 9.99. The van der Waals surface area contributed by atoms with Crippen LogP contribution in [0.3, 0.4) is 0 Å². The molecule has 4 nitrogen and oxygen atoms in total. The van der Waals surface area contributed by atoms with Gasteiger partial charge in [-0.05, 0) is 49.8 Å². The van der Waals surface area contributed by atoms with Gasteiger partial charge in [0, 0.05) is 13.1 Å². The Kier molecular flexibility index (Phi) is 4.47. The van der Waals surface area contributed by atoms with Crippen molar-refractivity contribution in [2.45, 2.75) is 13.8 Å². The van der Waals surface area contributed by atoms with E-state index < -0.39 is 11.8 Å². The fourth-order valence-electron chi connectivity index (χ4n) is 2.11. The third kappa shape index (κ3) is 2.85. The van der Waals surface area contributed by atoms with Gasteiger partial charge in [0.1, 0.15) is 11.4 Å². The van der Waals surface area contributed by atoms with Gasteiger partial charge in [-0.25, -0.2) is 4.39 Å². The minimum Gasteiger partial charge on any atom is -0.285 e. The van der Waals surface area contributed by atoms with Gasteiger partial charge in [0.15, 0.2) is 5.11 Å². The summed E-state index contributed by atoms with van der Waals surface area (Å²) >= 11 is 5.17. The maximum atomic E-state index is 12.9. The average molecular weight is 306 g/mol. The fraction of sp³-hybridized carbons (Fsp3) is 0.267. The van der Waals surface area contributed by atoms with E-state index in [1.807, 2.05) is 0 Å². The Bertz CT molecular complexity index is 597. The molecule has 21 heavy (non-hydrogen) atoms. The molecule has 0 unspecified atom stereocenters. The van der Waals surface area contributed by atoms with Crippen molar-refractivity contribution in [1.82, 2.24) is 9.80 Å². The van der Waals surface area contributed by atoms with Crippen LogP contribution in [0.5, 0.6) is 0 Å². The molecule has 0 N–H and O–H groups in total. The highest BCUT2D eigenvalue weighted by Gasteiger charge is 2.37. The summed E-state index contributed by atoms with van der Waals surface area (Å²) < 4.78 is 12.9. The molecule has 110 valence electrons. The summed E-state index contributed by atoms with van der Waals surface area (Å²) in [6.07, 6.45) is 1.47. The van der Waals surface area contributed by atoms with Crippen LogP contribution in [-0.2, 0) is 9.59 Å². The zero-order valence-electron chi connectivity index (χ0n) is 11.8. The second kappa shape index (κ2) is 6.13. The quantitative estimate of drug-likeness (QED) is 0.488. The molecule has 1 fully saturated rings. The molecule has 0 aliphatic carbocycles. The van der Waals surface area contributed by atoms with Crippen molar-refractivity contribution < 1.29 is 14.0 Å². The van der Waals surface area contributed by atoms with Crippen LogP contribution < -0.4 is 0 Å². The van der Waals surface area contributed by atoms with E-state index in [4.69, 9.17) is 12.2 Å². The maximum absolute atomic E-state index is 12.9. The van der Waals surface area contributed by atoms with Gasteiger partial charge in [0.2, 0.25) is 0 Å². The standard InChI is InChI=1S/C15H15FN2O2S/c1-3-17-13(19)12(14(20)18(4-2)15(17)21)9-10-5-7-11(16)8-6-10/h5-9H,3-4H2,1-2H3. The minimum atomic E-state index is -0.415. The number of hydrogen-bond donors (Lipinski definition) is 0. The van der Waals surface area contributed by atoms with Crippen LogP contribution in [0.2, 0.25) is 0 Å². The van der Waals surface area contributed by atoms with Crippen LogP contribution in [0.1, 0.15) is 19.4 Å². The predicted molar refractivity (Wildman–Crippen MR) is 81.7 cm³/mol. The molecule has 0 bridgehead atoms. The van der Waals surface area contributed by atoms with Crippen molar-refractivity contribution in [2.24, 2.45) is 0 Å². The van der Waals surface area contributed by atoms with Crippen molar-refractivity contribution in [1.29, 1.82) is 0 Å². The summed E-state index contributed by atoms with van der Waals surface area (Å²) in [5.74, 6) is -1.20. The van der Waals surface area contributed by atoms with E-state index >= 15 is 0 Å². The van der Waals surface area contributed by atoms with Gasteiger partial charge < -0.3 is 0 Å². The monoisotopic (exact) mass is 306 g/mol. The van der Waals surface area contributed by atoms with Crippen molar-refractivity contribution in [2.75, 3.05) is 13.1 Å². The molecule has 1 aromatic carbocycles. The molecule has 1 saturated heterocycles. The highest BCUT2D eigenvalue weighted by atomic mass is 32.1. The molecule has 1 aliphatic heterocycles. The van der Waals surface area contributed by atoms with Gasteiger partial charge in [-0.2, -0.15) is 0 Å².